The third kappa shape index (κ3) is 4.22. The van der Waals surface area contributed by atoms with E-state index in [4.69, 9.17) is 9.47 Å². The quantitative estimate of drug-likeness (QED) is 0.842. The molecule has 2 aromatic rings. The Hall–Kier alpha value is -1.52. The summed E-state index contributed by atoms with van der Waals surface area (Å²) in [6.07, 6.45) is 0. The van der Waals surface area contributed by atoms with E-state index < -0.39 is 0 Å². The van der Waals surface area contributed by atoms with E-state index in [1.807, 2.05) is 18.2 Å². The van der Waals surface area contributed by atoms with Crippen LogP contribution in [0, 0.1) is 0 Å². The molecule has 0 bridgehead atoms. The normalized spacial score (nSPS) is 12.0. The van der Waals surface area contributed by atoms with E-state index in [9.17, 15) is 0 Å². The van der Waals surface area contributed by atoms with Crippen molar-refractivity contribution in [3.8, 4) is 11.5 Å². The topological polar surface area (TPSA) is 30.5 Å². The van der Waals surface area contributed by atoms with Crippen molar-refractivity contribution in [3.63, 3.8) is 0 Å². The van der Waals surface area contributed by atoms with Gasteiger partial charge in [-0.1, -0.05) is 34.1 Å². The lowest BCUT2D eigenvalue weighted by Gasteiger charge is -2.15. The Kier molecular flexibility index (Phi) is 5.65. The number of rotatable bonds is 6. The van der Waals surface area contributed by atoms with Crippen LogP contribution in [-0.2, 0) is 6.54 Å². The first kappa shape index (κ1) is 15.9. The third-order valence-corrected chi connectivity index (χ3v) is 3.96. The first-order valence-corrected chi connectivity index (χ1v) is 7.63. The first-order chi connectivity index (χ1) is 10.1. The number of hydrogen-bond donors (Lipinski definition) is 1. The molecule has 21 heavy (non-hydrogen) atoms. The van der Waals surface area contributed by atoms with Crippen LogP contribution in [0.1, 0.15) is 24.1 Å². The zero-order chi connectivity index (χ0) is 15.2. The smallest absolute Gasteiger partial charge is 0.161 e. The van der Waals surface area contributed by atoms with Gasteiger partial charge in [-0.3, -0.25) is 0 Å². The van der Waals surface area contributed by atoms with Gasteiger partial charge in [0.1, 0.15) is 0 Å². The van der Waals surface area contributed by atoms with Gasteiger partial charge in [-0.15, -0.1) is 0 Å². The molecule has 0 aliphatic carbocycles. The summed E-state index contributed by atoms with van der Waals surface area (Å²) in [6.45, 7) is 2.93. The van der Waals surface area contributed by atoms with E-state index in [-0.39, 0.29) is 6.04 Å². The Morgan fingerprint density at radius 2 is 1.67 bits per heavy atom. The zero-order valence-electron chi connectivity index (χ0n) is 12.5. The highest BCUT2D eigenvalue weighted by Crippen LogP contribution is 2.27. The van der Waals surface area contributed by atoms with Crippen LogP contribution >= 0.6 is 15.9 Å². The summed E-state index contributed by atoms with van der Waals surface area (Å²) in [4.78, 5) is 0. The lowest BCUT2D eigenvalue weighted by molar-refractivity contribution is 0.354. The number of ether oxygens (including phenoxy) is 2. The predicted octanol–water partition coefficient (Wildman–Crippen LogP) is 4.32. The highest BCUT2D eigenvalue weighted by atomic mass is 79.9. The first-order valence-electron chi connectivity index (χ1n) is 6.83. The molecule has 0 aliphatic rings. The molecule has 112 valence electrons. The summed E-state index contributed by atoms with van der Waals surface area (Å²) in [5.74, 6) is 1.51. The van der Waals surface area contributed by atoms with Gasteiger partial charge >= 0.3 is 0 Å². The average molecular weight is 350 g/mol. The van der Waals surface area contributed by atoms with Gasteiger partial charge in [0.05, 0.1) is 14.2 Å². The molecule has 2 aromatic carbocycles. The van der Waals surface area contributed by atoms with E-state index in [0.29, 0.717) is 0 Å². The number of methoxy groups -OCH3 is 2. The molecule has 1 atom stereocenters. The molecule has 0 amide bonds. The third-order valence-electron chi connectivity index (χ3n) is 3.43. The molecular formula is C17H20BrNO2. The van der Waals surface area contributed by atoms with Gasteiger partial charge in [-0.2, -0.15) is 0 Å². The van der Waals surface area contributed by atoms with Crippen molar-refractivity contribution in [1.29, 1.82) is 0 Å². The fourth-order valence-electron chi connectivity index (χ4n) is 2.13. The second-order valence-electron chi connectivity index (χ2n) is 4.84. The maximum atomic E-state index is 5.32. The maximum absolute atomic E-state index is 5.32. The largest absolute Gasteiger partial charge is 0.493 e. The van der Waals surface area contributed by atoms with Crippen molar-refractivity contribution in [2.45, 2.75) is 19.5 Å². The monoisotopic (exact) mass is 349 g/mol. The van der Waals surface area contributed by atoms with Crippen molar-refractivity contribution in [1.82, 2.24) is 5.32 Å². The fraction of sp³-hybridized carbons (Fsp3) is 0.294. The molecule has 0 saturated heterocycles. The lowest BCUT2D eigenvalue weighted by Crippen LogP contribution is -2.18. The molecule has 1 unspecified atom stereocenters. The molecule has 0 fully saturated rings. The van der Waals surface area contributed by atoms with Gasteiger partial charge in [0.15, 0.2) is 11.5 Å². The van der Waals surface area contributed by atoms with Crippen LogP contribution in [0.15, 0.2) is 46.9 Å². The molecule has 3 nitrogen and oxygen atoms in total. The molecule has 2 rings (SSSR count). The van der Waals surface area contributed by atoms with E-state index in [1.165, 1.54) is 5.56 Å². The second-order valence-corrected chi connectivity index (χ2v) is 5.76. The van der Waals surface area contributed by atoms with E-state index in [2.05, 4.69) is 52.4 Å². The van der Waals surface area contributed by atoms with Gasteiger partial charge in [-0.05, 0) is 42.3 Å². The predicted molar refractivity (Wildman–Crippen MR) is 88.9 cm³/mol. The van der Waals surface area contributed by atoms with E-state index in [0.717, 1.165) is 28.1 Å². The van der Waals surface area contributed by atoms with Gasteiger partial charge in [0.25, 0.3) is 0 Å². The van der Waals surface area contributed by atoms with Crippen LogP contribution < -0.4 is 14.8 Å². The van der Waals surface area contributed by atoms with Crippen LogP contribution in [0.4, 0.5) is 0 Å². The Bertz CT molecular complexity index is 584. The number of nitrogens with one attached hydrogen (secondary N) is 1. The van der Waals surface area contributed by atoms with Crippen molar-refractivity contribution >= 4 is 15.9 Å². The Balaban J connectivity index is 2.00. The number of benzene rings is 2. The molecule has 0 radical (unpaired) electrons. The van der Waals surface area contributed by atoms with Gasteiger partial charge in [0.2, 0.25) is 0 Å². The van der Waals surface area contributed by atoms with Gasteiger partial charge < -0.3 is 14.8 Å². The highest BCUT2D eigenvalue weighted by Gasteiger charge is 2.07. The fourth-order valence-corrected chi connectivity index (χ4v) is 2.40. The summed E-state index contributed by atoms with van der Waals surface area (Å²) in [6, 6.07) is 14.6. The van der Waals surface area contributed by atoms with Crippen molar-refractivity contribution in [3.05, 3.63) is 58.1 Å². The molecule has 1 N–H and O–H groups in total. The standard InChI is InChI=1S/C17H20BrNO2/c1-12(14-5-7-15(18)8-6-14)19-11-13-4-9-16(20-2)17(10-13)21-3/h4-10,12,19H,11H2,1-3H3. The van der Waals surface area contributed by atoms with E-state index in [1.54, 1.807) is 14.2 Å². The Labute approximate surface area is 134 Å². The second kappa shape index (κ2) is 7.48. The van der Waals surface area contributed by atoms with Crippen LogP contribution in [0.2, 0.25) is 0 Å². The molecule has 4 heteroatoms. The van der Waals surface area contributed by atoms with Gasteiger partial charge in [0, 0.05) is 17.1 Å². The molecular weight excluding hydrogens is 330 g/mol. The Morgan fingerprint density at radius 3 is 2.29 bits per heavy atom. The van der Waals surface area contributed by atoms with Crippen molar-refractivity contribution < 1.29 is 9.47 Å². The molecule has 0 heterocycles. The SMILES string of the molecule is COc1ccc(CNC(C)c2ccc(Br)cc2)cc1OC. The molecule has 0 spiro atoms. The molecule has 0 aromatic heterocycles. The average Bonchev–Trinajstić information content (AvgIpc) is 2.52. The molecule has 0 saturated carbocycles. The highest BCUT2D eigenvalue weighted by molar-refractivity contribution is 9.10. The summed E-state index contributed by atoms with van der Waals surface area (Å²) < 4.78 is 11.7. The van der Waals surface area contributed by atoms with E-state index >= 15 is 0 Å². The van der Waals surface area contributed by atoms with Crippen LogP contribution in [0.5, 0.6) is 11.5 Å². The van der Waals surface area contributed by atoms with Gasteiger partial charge in [-0.25, -0.2) is 0 Å². The van der Waals surface area contributed by atoms with Crippen molar-refractivity contribution in [2.24, 2.45) is 0 Å². The summed E-state index contributed by atoms with van der Waals surface area (Å²) >= 11 is 3.45. The number of halogens is 1. The lowest BCUT2D eigenvalue weighted by atomic mass is 10.1. The minimum atomic E-state index is 0.284. The minimum absolute atomic E-state index is 0.284. The molecule has 0 aliphatic heterocycles. The minimum Gasteiger partial charge on any atom is -0.493 e. The Morgan fingerprint density at radius 1 is 1.00 bits per heavy atom. The van der Waals surface area contributed by atoms with Crippen LogP contribution in [-0.4, -0.2) is 14.2 Å². The zero-order valence-corrected chi connectivity index (χ0v) is 14.1. The van der Waals surface area contributed by atoms with Crippen LogP contribution in [0.3, 0.4) is 0 Å². The summed E-state index contributed by atoms with van der Waals surface area (Å²) in [7, 11) is 3.30. The summed E-state index contributed by atoms with van der Waals surface area (Å²) in [5.41, 5.74) is 2.43. The number of hydrogen-bond acceptors (Lipinski definition) is 3. The summed E-state index contributed by atoms with van der Waals surface area (Å²) in [5, 5.41) is 3.51. The van der Waals surface area contributed by atoms with Crippen LogP contribution in [0.25, 0.3) is 0 Å². The maximum Gasteiger partial charge on any atom is 0.161 e. The van der Waals surface area contributed by atoms with Crippen molar-refractivity contribution in [2.75, 3.05) is 14.2 Å².